The highest BCUT2D eigenvalue weighted by Gasteiger charge is 2.70. The number of aliphatic carboxylic acids is 1. The quantitative estimate of drug-likeness (QED) is 0.573. The van der Waals surface area contributed by atoms with Gasteiger partial charge in [0, 0.05) is 25.1 Å². The summed E-state index contributed by atoms with van der Waals surface area (Å²) in [6.45, 7) is 0.249. The predicted molar refractivity (Wildman–Crippen MR) is 101 cm³/mol. The molecule has 1 spiro atoms. The second-order valence-corrected chi connectivity index (χ2v) is 7.84. The molecule has 2 saturated heterocycles. The highest BCUT2D eigenvalue weighted by atomic mass is 35.5. The Morgan fingerprint density at radius 3 is 2.76 bits per heavy atom. The molecule has 10 heteroatoms. The SMILES string of the molecule is COCCN1C(=O)[C@H]2[C@@H](C1=O)[C@]1(N[C@@H]2CCC(=O)O)C(=O)Nc2c(Cl)cccc21. The largest absolute Gasteiger partial charge is 0.481 e. The number of amides is 3. The summed E-state index contributed by atoms with van der Waals surface area (Å²) in [5.74, 6) is -4.19. The van der Waals surface area contributed by atoms with Crippen molar-refractivity contribution in [2.75, 3.05) is 25.6 Å². The van der Waals surface area contributed by atoms with Gasteiger partial charge in [-0.1, -0.05) is 23.7 Å². The summed E-state index contributed by atoms with van der Waals surface area (Å²) in [6, 6.07) is 4.35. The maximum atomic E-state index is 13.3. The average Bonchev–Trinajstić information content (AvgIpc) is 3.25. The van der Waals surface area contributed by atoms with Crippen LogP contribution in [-0.4, -0.2) is 60.0 Å². The third-order valence-electron chi connectivity index (χ3n) is 5.98. The van der Waals surface area contributed by atoms with Crippen molar-refractivity contribution in [2.45, 2.75) is 24.4 Å². The number of carbonyl (C=O) groups excluding carboxylic acids is 3. The predicted octanol–water partition coefficient (Wildman–Crippen LogP) is 0.572. The molecule has 0 aliphatic carbocycles. The maximum Gasteiger partial charge on any atom is 0.303 e. The molecule has 1 aromatic carbocycles. The van der Waals surface area contributed by atoms with E-state index in [4.69, 9.17) is 21.4 Å². The Labute approximate surface area is 171 Å². The van der Waals surface area contributed by atoms with E-state index in [-0.39, 0.29) is 26.0 Å². The van der Waals surface area contributed by atoms with Crippen molar-refractivity contribution < 1.29 is 29.0 Å². The summed E-state index contributed by atoms with van der Waals surface area (Å²) in [7, 11) is 1.47. The van der Waals surface area contributed by atoms with Crippen LogP contribution in [0.2, 0.25) is 5.02 Å². The minimum atomic E-state index is -1.47. The molecule has 2 fully saturated rings. The lowest BCUT2D eigenvalue weighted by molar-refractivity contribution is -0.144. The van der Waals surface area contributed by atoms with Crippen LogP contribution in [0.3, 0.4) is 0 Å². The fourth-order valence-electron chi connectivity index (χ4n) is 4.78. The lowest BCUT2D eigenvalue weighted by Crippen LogP contribution is -2.53. The number of halogens is 1. The molecule has 0 unspecified atom stereocenters. The van der Waals surface area contributed by atoms with Crippen molar-refractivity contribution >= 4 is 41.0 Å². The monoisotopic (exact) mass is 421 g/mol. The normalized spacial score (nSPS) is 30.1. The number of carboxylic acids is 1. The van der Waals surface area contributed by atoms with Crippen molar-refractivity contribution in [1.29, 1.82) is 0 Å². The summed E-state index contributed by atoms with van der Waals surface area (Å²) in [5, 5.41) is 15.3. The topological polar surface area (TPSA) is 125 Å². The highest BCUT2D eigenvalue weighted by Crippen LogP contribution is 2.54. The molecule has 3 aliphatic rings. The number of imide groups is 1. The van der Waals surface area contributed by atoms with Gasteiger partial charge in [-0.2, -0.15) is 0 Å². The third kappa shape index (κ3) is 2.76. The van der Waals surface area contributed by atoms with E-state index < -0.39 is 47.1 Å². The van der Waals surface area contributed by atoms with Gasteiger partial charge in [0.05, 0.1) is 35.7 Å². The van der Waals surface area contributed by atoms with Crippen molar-refractivity contribution in [2.24, 2.45) is 11.8 Å². The molecule has 1 aromatic rings. The number of hydrogen-bond donors (Lipinski definition) is 3. The molecule has 154 valence electrons. The van der Waals surface area contributed by atoms with Crippen LogP contribution in [0.5, 0.6) is 0 Å². The number of nitrogens with zero attached hydrogens (tertiary/aromatic N) is 1. The van der Waals surface area contributed by atoms with Gasteiger partial charge in [-0.05, 0) is 12.5 Å². The van der Waals surface area contributed by atoms with E-state index in [9.17, 15) is 19.2 Å². The number of fused-ring (bicyclic) bond motifs is 4. The molecular weight excluding hydrogens is 402 g/mol. The van der Waals surface area contributed by atoms with Gasteiger partial charge in [0.1, 0.15) is 5.54 Å². The number of hydrogen-bond acceptors (Lipinski definition) is 6. The summed E-state index contributed by atoms with van der Waals surface area (Å²) < 4.78 is 5.00. The highest BCUT2D eigenvalue weighted by molar-refractivity contribution is 6.35. The van der Waals surface area contributed by atoms with E-state index in [1.807, 2.05) is 0 Å². The van der Waals surface area contributed by atoms with Crippen LogP contribution in [0.4, 0.5) is 5.69 Å². The first-order valence-electron chi connectivity index (χ1n) is 9.27. The lowest BCUT2D eigenvalue weighted by atomic mass is 9.76. The second-order valence-electron chi connectivity index (χ2n) is 7.43. The molecule has 3 aliphatic heterocycles. The number of benzene rings is 1. The summed E-state index contributed by atoms with van der Waals surface area (Å²) in [4.78, 5) is 51.7. The van der Waals surface area contributed by atoms with E-state index >= 15 is 0 Å². The fourth-order valence-corrected chi connectivity index (χ4v) is 5.01. The molecular formula is C19H20ClN3O6. The number of methoxy groups -OCH3 is 1. The number of ether oxygens (including phenoxy) is 1. The summed E-state index contributed by atoms with van der Waals surface area (Å²) in [5.41, 5.74) is -0.569. The van der Waals surface area contributed by atoms with E-state index in [1.165, 1.54) is 7.11 Å². The Bertz CT molecular complexity index is 921. The Morgan fingerprint density at radius 2 is 2.07 bits per heavy atom. The summed E-state index contributed by atoms with van der Waals surface area (Å²) >= 11 is 6.24. The van der Waals surface area contributed by atoms with Gasteiger partial charge in [-0.25, -0.2) is 0 Å². The first kappa shape index (κ1) is 19.8. The molecule has 3 N–H and O–H groups in total. The van der Waals surface area contributed by atoms with Crippen molar-refractivity contribution in [3.05, 3.63) is 28.8 Å². The van der Waals surface area contributed by atoms with Crippen molar-refractivity contribution in [3.8, 4) is 0 Å². The number of para-hydroxylation sites is 1. The van der Waals surface area contributed by atoms with Crippen LogP contribution in [0.1, 0.15) is 18.4 Å². The molecule has 4 rings (SSSR count). The maximum absolute atomic E-state index is 13.3. The van der Waals surface area contributed by atoms with E-state index in [2.05, 4.69) is 10.6 Å². The number of anilines is 1. The number of nitrogens with one attached hydrogen (secondary N) is 2. The third-order valence-corrected chi connectivity index (χ3v) is 6.29. The van der Waals surface area contributed by atoms with Crippen LogP contribution in [0.15, 0.2) is 18.2 Å². The van der Waals surface area contributed by atoms with Gasteiger partial charge < -0.3 is 15.2 Å². The van der Waals surface area contributed by atoms with Crippen molar-refractivity contribution in [1.82, 2.24) is 10.2 Å². The first-order valence-corrected chi connectivity index (χ1v) is 9.64. The summed E-state index contributed by atoms with van der Waals surface area (Å²) in [6.07, 6.45) is -0.0842. The zero-order valence-corrected chi connectivity index (χ0v) is 16.4. The number of likely N-dealkylation sites (tertiary alicyclic amines) is 1. The van der Waals surface area contributed by atoms with Crippen LogP contribution in [0, 0.1) is 11.8 Å². The average molecular weight is 422 g/mol. The Balaban J connectivity index is 1.81. The van der Waals surface area contributed by atoms with Crippen LogP contribution >= 0.6 is 11.6 Å². The Hall–Kier alpha value is -2.49. The molecule has 4 atom stereocenters. The van der Waals surface area contributed by atoms with Crippen molar-refractivity contribution in [3.63, 3.8) is 0 Å². The number of rotatable bonds is 6. The zero-order chi connectivity index (χ0) is 20.9. The van der Waals surface area contributed by atoms with Crippen LogP contribution < -0.4 is 10.6 Å². The van der Waals surface area contributed by atoms with E-state index in [0.717, 1.165) is 4.90 Å². The van der Waals surface area contributed by atoms with Gasteiger partial charge in [-0.3, -0.25) is 29.4 Å². The first-order chi connectivity index (χ1) is 13.8. The van der Waals surface area contributed by atoms with E-state index in [0.29, 0.717) is 16.3 Å². The molecule has 0 radical (unpaired) electrons. The Morgan fingerprint density at radius 1 is 1.31 bits per heavy atom. The smallest absolute Gasteiger partial charge is 0.303 e. The molecule has 3 heterocycles. The van der Waals surface area contributed by atoms with Gasteiger partial charge in [0.2, 0.25) is 17.7 Å². The van der Waals surface area contributed by atoms with Gasteiger partial charge >= 0.3 is 5.97 Å². The Kier molecular flexibility index (Phi) is 4.84. The molecule has 0 aromatic heterocycles. The molecule has 9 nitrogen and oxygen atoms in total. The molecule has 0 bridgehead atoms. The van der Waals surface area contributed by atoms with Crippen LogP contribution in [-0.2, 0) is 29.5 Å². The minimum Gasteiger partial charge on any atom is -0.481 e. The zero-order valence-electron chi connectivity index (χ0n) is 15.6. The molecule has 29 heavy (non-hydrogen) atoms. The van der Waals surface area contributed by atoms with Gasteiger partial charge in [0.25, 0.3) is 0 Å². The fraction of sp³-hybridized carbons (Fsp3) is 0.474. The lowest BCUT2D eigenvalue weighted by Gasteiger charge is -2.29. The van der Waals surface area contributed by atoms with E-state index in [1.54, 1.807) is 18.2 Å². The second kappa shape index (κ2) is 7.08. The number of carbonyl (C=O) groups is 4. The standard InChI is InChI=1S/C19H20ClN3O6/c1-29-8-7-23-16(26)13-11(5-6-12(24)25)22-19(14(13)17(23)27)9-3-2-4-10(20)15(9)21-18(19)28/h2-4,11,13-14,22H,5-8H2,1H3,(H,21,28)(H,24,25)/t11-,13-,14+,19+/m1/s1. The number of carboxylic acid groups (broad SMARTS) is 1. The van der Waals surface area contributed by atoms with Gasteiger partial charge in [-0.15, -0.1) is 0 Å². The van der Waals surface area contributed by atoms with Crippen LogP contribution in [0.25, 0.3) is 0 Å². The molecule has 3 amide bonds. The van der Waals surface area contributed by atoms with Gasteiger partial charge in [0.15, 0.2) is 0 Å². The molecule has 0 saturated carbocycles. The minimum absolute atomic E-state index is 0.0763.